The third kappa shape index (κ3) is 2.85. The summed E-state index contributed by atoms with van der Waals surface area (Å²) >= 11 is 0. The van der Waals surface area contributed by atoms with Crippen molar-refractivity contribution in [2.24, 2.45) is 5.92 Å². The van der Waals surface area contributed by atoms with Gasteiger partial charge in [0.15, 0.2) is 0 Å². The Labute approximate surface area is 147 Å². The van der Waals surface area contributed by atoms with Crippen LogP contribution >= 0.6 is 0 Å². The Balaban J connectivity index is 1.75. The van der Waals surface area contributed by atoms with Gasteiger partial charge in [-0.25, -0.2) is 0 Å². The lowest BCUT2D eigenvalue weighted by atomic mass is 9.84. The van der Waals surface area contributed by atoms with E-state index < -0.39 is 5.54 Å². The summed E-state index contributed by atoms with van der Waals surface area (Å²) in [5.41, 5.74) is 1.70. The number of hydrogen-bond acceptors (Lipinski definition) is 3. The Hall–Kier alpha value is -2.20. The van der Waals surface area contributed by atoms with Crippen LogP contribution in [-0.4, -0.2) is 23.4 Å². The van der Waals surface area contributed by atoms with Crippen molar-refractivity contribution in [2.45, 2.75) is 18.0 Å². The fraction of sp³-hybridized carbons (Fsp3) is 0.273. The molecule has 0 aliphatic carbocycles. The van der Waals surface area contributed by atoms with Gasteiger partial charge in [0.05, 0.1) is 12.1 Å². The lowest BCUT2D eigenvalue weighted by molar-refractivity contribution is 0.166. The van der Waals surface area contributed by atoms with Gasteiger partial charge in [0.25, 0.3) is 0 Å². The second-order valence-electron chi connectivity index (χ2n) is 6.98. The van der Waals surface area contributed by atoms with Gasteiger partial charge < -0.3 is 10.2 Å². The van der Waals surface area contributed by atoms with Gasteiger partial charge in [-0.05, 0) is 34.4 Å². The van der Waals surface area contributed by atoms with Gasteiger partial charge in [-0.15, -0.1) is 0 Å². The van der Waals surface area contributed by atoms with Crippen LogP contribution in [0.1, 0.15) is 23.6 Å². The highest BCUT2D eigenvalue weighted by atomic mass is 16.3. The first kappa shape index (κ1) is 16.3. The Kier molecular flexibility index (Phi) is 4.30. The molecule has 1 aliphatic rings. The minimum absolute atomic E-state index is 0.00513. The van der Waals surface area contributed by atoms with Gasteiger partial charge in [-0.3, -0.25) is 5.32 Å². The molecule has 0 amide bonds. The average Bonchev–Trinajstić information content (AvgIpc) is 3.09. The Bertz CT molecular complexity index is 864. The molecule has 4 rings (SSSR count). The van der Waals surface area contributed by atoms with Crippen molar-refractivity contribution in [1.29, 1.82) is 0 Å². The number of fused-ring (bicyclic) bond motifs is 1. The van der Waals surface area contributed by atoms with Crippen molar-refractivity contribution in [3.63, 3.8) is 0 Å². The molecule has 1 aliphatic heterocycles. The first-order valence-corrected chi connectivity index (χ1v) is 8.79. The molecule has 3 nitrogen and oxygen atoms in total. The van der Waals surface area contributed by atoms with Crippen LogP contribution in [0.4, 0.5) is 0 Å². The molecule has 1 saturated heterocycles. The molecule has 3 aromatic carbocycles. The third-order valence-electron chi connectivity index (χ3n) is 5.48. The van der Waals surface area contributed by atoms with Crippen LogP contribution < -0.4 is 5.32 Å². The van der Waals surface area contributed by atoms with Gasteiger partial charge in [-0.1, -0.05) is 66.7 Å². The highest BCUT2D eigenvalue weighted by molar-refractivity contribution is 5.83. The van der Waals surface area contributed by atoms with Crippen molar-refractivity contribution in [3.8, 4) is 0 Å². The molecule has 0 bridgehead atoms. The fourth-order valence-electron chi connectivity index (χ4n) is 4.12. The first-order valence-electron chi connectivity index (χ1n) is 8.79. The van der Waals surface area contributed by atoms with E-state index in [1.165, 1.54) is 10.8 Å². The van der Waals surface area contributed by atoms with E-state index in [1.54, 1.807) is 0 Å². The summed E-state index contributed by atoms with van der Waals surface area (Å²) in [6.45, 7) is 0.104. The van der Waals surface area contributed by atoms with Gasteiger partial charge in [0, 0.05) is 18.6 Å². The summed E-state index contributed by atoms with van der Waals surface area (Å²) < 4.78 is 0. The number of aliphatic hydroxyl groups excluding tert-OH is 2. The van der Waals surface area contributed by atoms with Crippen LogP contribution in [0.3, 0.4) is 0 Å². The van der Waals surface area contributed by atoms with E-state index in [9.17, 15) is 10.2 Å². The van der Waals surface area contributed by atoms with E-state index in [-0.39, 0.29) is 25.2 Å². The van der Waals surface area contributed by atoms with Crippen LogP contribution in [0.25, 0.3) is 10.8 Å². The van der Waals surface area contributed by atoms with Crippen molar-refractivity contribution in [1.82, 2.24) is 5.32 Å². The molecule has 3 N–H and O–H groups in total. The second-order valence-corrected chi connectivity index (χ2v) is 6.98. The molecular weight excluding hydrogens is 310 g/mol. The van der Waals surface area contributed by atoms with E-state index in [2.05, 4.69) is 47.8 Å². The molecule has 3 aromatic rings. The zero-order chi connectivity index (χ0) is 17.3. The first-order chi connectivity index (χ1) is 12.3. The summed E-state index contributed by atoms with van der Waals surface area (Å²) in [5, 5.41) is 26.2. The average molecular weight is 333 g/mol. The normalized spacial score (nSPS) is 26.2. The molecule has 1 fully saturated rings. The SMILES string of the molecule is OC[C@H]1C[C@](CO)(c2ccc3ccccc3c2)N[C@H]1c1ccccc1. The van der Waals surface area contributed by atoms with Gasteiger partial charge in [0.2, 0.25) is 0 Å². The molecule has 3 heteroatoms. The molecule has 0 radical (unpaired) electrons. The molecule has 25 heavy (non-hydrogen) atoms. The lowest BCUT2D eigenvalue weighted by Gasteiger charge is -2.29. The van der Waals surface area contributed by atoms with E-state index in [1.807, 2.05) is 30.3 Å². The second kappa shape index (κ2) is 6.60. The zero-order valence-corrected chi connectivity index (χ0v) is 14.1. The highest BCUT2D eigenvalue weighted by Gasteiger charge is 2.45. The number of benzene rings is 3. The number of aliphatic hydroxyl groups is 2. The van der Waals surface area contributed by atoms with Crippen LogP contribution in [0.15, 0.2) is 72.8 Å². The molecule has 0 aromatic heterocycles. The van der Waals surface area contributed by atoms with E-state index in [0.29, 0.717) is 6.42 Å². The summed E-state index contributed by atoms with van der Waals surface area (Å²) in [7, 11) is 0. The van der Waals surface area contributed by atoms with Crippen molar-refractivity contribution >= 4 is 10.8 Å². The lowest BCUT2D eigenvalue weighted by Crippen LogP contribution is -2.41. The highest BCUT2D eigenvalue weighted by Crippen LogP contribution is 2.43. The van der Waals surface area contributed by atoms with Crippen molar-refractivity contribution < 1.29 is 10.2 Å². The van der Waals surface area contributed by atoms with Crippen LogP contribution in [0.5, 0.6) is 0 Å². The molecular formula is C22H23NO2. The quantitative estimate of drug-likeness (QED) is 0.686. The van der Waals surface area contributed by atoms with Crippen LogP contribution in [-0.2, 0) is 5.54 Å². The zero-order valence-electron chi connectivity index (χ0n) is 14.1. The van der Waals surface area contributed by atoms with Gasteiger partial charge in [-0.2, -0.15) is 0 Å². The predicted molar refractivity (Wildman–Crippen MR) is 100 cm³/mol. The topological polar surface area (TPSA) is 52.5 Å². The van der Waals surface area contributed by atoms with Gasteiger partial charge in [0.1, 0.15) is 0 Å². The maximum absolute atomic E-state index is 10.3. The number of rotatable bonds is 4. The summed E-state index contributed by atoms with van der Waals surface area (Å²) in [5.74, 6) is 0.0704. The van der Waals surface area contributed by atoms with Crippen molar-refractivity contribution in [3.05, 3.63) is 83.9 Å². The smallest absolute Gasteiger partial charge is 0.0678 e. The van der Waals surface area contributed by atoms with Crippen LogP contribution in [0.2, 0.25) is 0 Å². The van der Waals surface area contributed by atoms with E-state index >= 15 is 0 Å². The molecule has 0 spiro atoms. The molecule has 1 heterocycles. The Morgan fingerprint density at radius 1 is 0.880 bits per heavy atom. The van der Waals surface area contributed by atoms with E-state index in [4.69, 9.17) is 0 Å². The summed E-state index contributed by atoms with van der Waals surface area (Å²) in [6.07, 6.45) is 0.706. The standard InChI is InChI=1S/C22H23NO2/c24-14-19-13-22(15-25,23-21(19)17-7-2-1-3-8-17)20-11-10-16-6-4-5-9-18(16)12-20/h1-12,19,21,23-25H,13-15H2/t19-,21+,22+/m1/s1. The number of hydrogen-bond donors (Lipinski definition) is 3. The largest absolute Gasteiger partial charge is 0.396 e. The number of nitrogens with one attached hydrogen (secondary N) is 1. The monoisotopic (exact) mass is 333 g/mol. The predicted octanol–water partition coefficient (Wildman–Crippen LogP) is 3.37. The summed E-state index contributed by atoms with van der Waals surface area (Å²) in [4.78, 5) is 0. The maximum Gasteiger partial charge on any atom is 0.0678 e. The molecule has 0 unspecified atom stereocenters. The Morgan fingerprint density at radius 3 is 2.32 bits per heavy atom. The third-order valence-corrected chi connectivity index (χ3v) is 5.48. The van der Waals surface area contributed by atoms with Crippen molar-refractivity contribution in [2.75, 3.05) is 13.2 Å². The molecule has 3 atom stereocenters. The fourth-order valence-corrected chi connectivity index (χ4v) is 4.12. The minimum atomic E-state index is -0.530. The van der Waals surface area contributed by atoms with Gasteiger partial charge >= 0.3 is 0 Å². The molecule has 128 valence electrons. The molecule has 0 saturated carbocycles. The Morgan fingerprint density at radius 2 is 1.60 bits per heavy atom. The van der Waals surface area contributed by atoms with Crippen LogP contribution in [0, 0.1) is 5.92 Å². The summed E-state index contributed by atoms with van der Waals surface area (Å²) in [6, 6.07) is 24.8. The maximum atomic E-state index is 10.3. The van der Waals surface area contributed by atoms with E-state index in [0.717, 1.165) is 11.1 Å². The minimum Gasteiger partial charge on any atom is -0.396 e.